The van der Waals surface area contributed by atoms with Gasteiger partial charge in [-0.05, 0) is 18.6 Å². The highest BCUT2D eigenvalue weighted by Gasteiger charge is 1.97. The summed E-state index contributed by atoms with van der Waals surface area (Å²) in [6.07, 6.45) is 1.23. The van der Waals surface area contributed by atoms with Crippen LogP contribution in [0, 0.1) is 5.41 Å². The smallest absolute Gasteiger partial charge is 0.159 e. The maximum atomic E-state index is 10.8. The third-order valence-corrected chi connectivity index (χ3v) is 1.46. The molecule has 1 aromatic rings. The number of rotatable bonds is 2. The molecule has 0 atom stereocenters. The summed E-state index contributed by atoms with van der Waals surface area (Å²) < 4.78 is 0. The Kier molecular flexibility index (Phi) is 5.44. The number of ketones is 1. The number of carbonyl (C=O) groups excluding carboxylic acids is 1. The normalized spacial score (nSPS) is 8.23. The van der Waals surface area contributed by atoms with Gasteiger partial charge in [0.1, 0.15) is 0 Å². The lowest BCUT2D eigenvalue weighted by molar-refractivity contribution is 0.101. The highest BCUT2D eigenvalue weighted by Crippen LogP contribution is 2.03. The Labute approximate surface area is 79.1 Å². The van der Waals surface area contributed by atoms with Crippen molar-refractivity contribution in [1.82, 2.24) is 0 Å². The average Bonchev–Trinajstić information content (AvgIpc) is 2.21. The fraction of sp³-hybridized carbons (Fsp3) is 0.273. The van der Waals surface area contributed by atoms with E-state index in [0.717, 1.165) is 5.56 Å². The molecule has 0 aromatic heterocycles. The van der Waals surface area contributed by atoms with E-state index in [2.05, 4.69) is 0 Å². The third kappa shape index (κ3) is 3.65. The van der Waals surface area contributed by atoms with Crippen LogP contribution in [0.1, 0.15) is 36.7 Å². The molecule has 0 radical (unpaired) electrons. The minimum absolute atomic E-state index is 0.0358. The summed E-state index contributed by atoms with van der Waals surface area (Å²) in [5.41, 5.74) is 1.42. The summed E-state index contributed by atoms with van der Waals surface area (Å²) in [6.45, 7) is 5.52. The highest BCUT2D eigenvalue weighted by atomic mass is 16.1. The molecule has 0 aliphatic rings. The van der Waals surface area contributed by atoms with Gasteiger partial charge < -0.3 is 5.41 Å². The van der Waals surface area contributed by atoms with Crippen molar-refractivity contribution in [2.75, 3.05) is 0 Å². The summed E-state index contributed by atoms with van der Waals surface area (Å²) in [4.78, 5) is 10.8. The van der Waals surface area contributed by atoms with Gasteiger partial charge in [-0.1, -0.05) is 32.0 Å². The first-order valence-corrected chi connectivity index (χ1v) is 4.35. The minimum atomic E-state index is 0.0358. The predicted octanol–water partition coefficient (Wildman–Crippen LogP) is 2.91. The molecule has 0 fully saturated rings. The van der Waals surface area contributed by atoms with E-state index in [9.17, 15) is 4.79 Å². The first-order chi connectivity index (χ1) is 6.24. The number of hydrogen-bond donors (Lipinski definition) is 1. The Hall–Kier alpha value is -1.44. The first-order valence-electron chi connectivity index (χ1n) is 4.35. The van der Waals surface area contributed by atoms with E-state index >= 15 is 0 Å². The molecular formula is C11H15NO. The predicted molar refractivity (Wildman–Crippen MR) is 55.7 cm³/mol. The van der Waals surface area contributed by atoms with E-state index in [0.29, 0.717) is 5.56 Å². The average molecular weight is 177 g/mol. The van der Waals surface area contributed by atoms with E-state index in [1.165, 1.54) is 13.1 Å². The summed E-state index contributed by atoms with van der Waals surface area (Å²) in [5.74, 6) is 0.0358. The van der Waals surface area contributed by atoms with E-state index in [-0.39, 0.29) is 5.78 Å². The lowest BCUT2D eigenvalue weighted by atomic mass is 10.1. The number of hydrogen-bond acceptors (Lipinski definition) is 2. The van der Waals surface area contributed by atoms with E-state index in [4.69, 9.17) is 5.41 Å². The monoisotopic (exact) mass is 177 g/mol. The fourth-order valence-electron chi connectivity index (χ4n) is 0.847. The van der Waals surface area contributed by atoms with Crippen molar-refractivity contribution < 1.29 is 4.79 Å². The molecule has 0 saturated heterocycles. The van der Waals surface area contributed by atoms with Crippen LogP contribution in [0.5, 0.6) is 0 Å². The first kappa shape index (κ1) is 11.6. The van der Waals surface area contributed by atoms with Crippen LogP contribution < -0.4 is 0 Å². The zero-order valence-electron chi connectivity index (χ0n) is 8.29. The minimum Gasteiger partial charge on any atom is -0.308 e. The maximum Gasteiger partial charge on any atom is 0.159 e. The molecule has 1 rings (SSSR count). The largest absolute Gasteiger partial charge is 0.308 e. The van der Waals surface area contributed by atoms with Crippen molar-refractivity contribution >= 4 is 12.0 Å². The number of benzene rings is 1. The SMILES string of the molecule is CC.CC(=O)c1cccc(C=N)c1. The second-order valence-electron chi connectivity index (χ2n) is 2.33. The lowest BCUT2D eigenvalue weighted by Crippen LogP contribution is -1.92. The zero-order valence-corrected chi connectivity index (χ0v) is 8.29. The molecular weight excluding hydrogens is 162 g/mol. The Morgan fingerprint density at radius 1 is 1.38 bits per heavy atom. The van der Waals surface area contributed by atoms with Crippen LogP contribution in [0.4, 0.5) is 0 Å². The number of Topliss-reactive ketones (excluding diaryl/α,β-unsaturated/α-hetero) is 1. The molecule has 13 heavy (non-hydrogen) atoms. The second-order valence-corrected chi connectivity index (χ2v) is 2.33. The van der Waals surface area contributed by atoms with Crippen molar-refractivity contribution in [3.05, 3.63) is 35.4 Å². The second kappa shape index (κ2) is 6.12. The van der Waals surface area contributed by atoms with E-state index in [1.54, 1.807) is 24.3 Å². The van der Waals surface area contributed by atoms with Crippen LogP contribution in [-0.2, 0) is 0 Å². The molecule has 1 aromatic carbocycles. The summed E-state index contributed by atoms with van der Waals surface area (Å²) in [6, 6.07) is 7.02. The molecule has 0 heterocycles. The molecule has 70 valence electrons. The lowest BCUT2D eigenvalue weighted by Gasteiger charge is -1.95. The van der Waals surface area contributed by atoms with Crippen LogP contribution >= 0.6 is 0 Å². The molecule has 0 spiro atoms. The van der Waals surface area contributed by atoms with E-state index < -0.39 is 0 Å². The van der Waals surface area contributed by atoms with Gasteiger partial charge in [0.15, 0.2) is 5.78 Å². The number of nitrogens with one attached hydrogen (secondary N) is 1. The maximum absolute atomic E-state index is 10.8. The summed E-state index contributed by atoms with van der Waals surface area (Å²) >= 11 is 0. The molecule has 0 saturated carbocycles. The van der Waals surface area contributed by atoms with Crippen molar-refractivity contribution in [1.29, 1.82) is 5.41 Å². The third-order valence-electron chi connectivity index (χ3n) is 1.46. The van der Waals surface area contributed by atoms with Crippen molar-refractivity contribution in [2.24, 2.45) is 0 Å². The van der Waals surface area contributed by atoms with Gasteiger partial charge in [0.05, 0.1) is 0 Å². The summed E-state index contributed by atoms with van der Waals surface area (Å²) in [5, 5.41) is 6.95. The van der Waals surface area contributed by atoms with Crippen LogP contribution in [0.15, 0.2) is 24.3 Å². The van der Waals surface area contributed by atoms with Crippen molar-refractivity contribution in [3.63, 3.8) is 0 Å². The number of carbonyl (C=O) groups is 1. The van der Waals surface area contributed by atoms with Crippen LogP contribution in [0.25, 0.3) is 0 Å². The van der Waals surface area contributed by atoms with Gasteiger partial charge in [0.25, 0.3) is 0 Å². The Morgan fingerprint density at radius 3 is 2.46 bits per heavy atom. The molecule has 0 aliphatic carbocycles. The fourth-order valence-corrected chi connectivity index (χ4v) is 0.847. The van der Waals surface area contributed by atoms with E-state index in [1.807, 2.05) is 13.8 Å². The van der Waals surface area contributed by atoms with Crippen LogP contribution in [0.3, 0.4) is 0 Å². The Balaban J connectivity index is 0.000000671. The Bertz CT molecular complexity index is 292. The van der Waals surface area contributed by atoms with Gasteiger partial charge in [0, 0.05) is 11.8 Å². The van der Waals surface area contributed by atoms with Gasteiger partial charge in [-0.2, -0.15) is 0 Å². The van der Waals surface area contributed by atoms with Crippen molar-refractivity contribution in [2.45, 2.75) is 20.8 Å². The van der Waals surface area contributed by atoms with Crippen LogP contribution in [-0.4, -0.2) is 12.0 Å². The van der Waals surface area contributed by atoms with Crippen molar-refractivity contribution in [3.8, 4) is 0 Å². The molecule has 1 N–H and O–H groups in total. The molecule has 2 heteroatoms. The van der Waals surface area contributed by atoms with Gasteiger partial charge in [-0.3, -0.25) is 4.79 Å². The van der Waals surface area contributed by atoms with Crippen LogP contribution in [0.2, 0.25) is 0 Å². The highest BCUT2D eigenvalue weighted by molar-refractivity contribution is 5.95. The molecule has 0 bridgehead atoms. The van der Waals surface area contributed by atoms with Gasteiger partial charge in [0.2, 0.25) is 0 Å². The zero-order chi connectivity index (χ0) is 10.3. The molecule has 0 unspecified atom stereocenters. The Morgan fingerprint density at radius 2 is 2.00 bits per heavy atom. The standard InChI is InChI=1S/C9H9NO.C2H6/c1-7(11)9-4-2-3-8(5-9)6-10;1-2/h2-6,10H,1H3;1-2H3. The van der Waals surface area contributed by atoms with Gasteiger partial charge in [-0.15, -0.1) is 0 Å². The summed E-state index contributed by atoms with van der Waals surface area (Å²) in [7, 11) is 0. The molecule has 0 aliphatic heterocycles. The molecule has 0 amide bonds. The van der Waals surface area contributed by atoms with Gasteiger partial charge in [-0.25, -0.2) is 0 Å². The molecule has 2 nitrogen and oxygen atoms in total. The van der Waals surface area contributed by atoms with Gasteiger partial charge >= 0.3 is 0 Å². The topological polar surface area (TPSA) is 40.9 Å². The quantitative estimate of drug-likeness (QED) is 0.547.